The summed E-state index contributed by atoms with van der Waals surface area (Å²) in [6.45, 7) is 0. The monoisotopic (exact) mass is 267 g/mol. The fraction of sp³-hybridized carbons (Fsp3) is 0.182. The molecule has 0 saturated carbocycles. The third-order valence-corrected chi connectivity index (χ3v) is 4.05. The van der Waals surface area contributed by atoms with Crippen molar-refractivity contribution in [3.05, 3.63) is 24.3 Å². The number of thiazole rings is 1. The number of carbonyl (C=O) groups excluding carboxylic acids is 1. The Kier molecular flexibility index (Phi) is 3.75. The standard InChI is InChI=1S/C11H9NO3S2/c13-9(14)5-6-10(15)17-11-12-7-3-1-2-4-8(7)16-11/h1-4H,5-6H2,(H,13,14). The number of thioether (sulfide) groups is 1. The van der Waals surface area contributed by atoms with Crippen LogP contribution in [0.25, 0.3) is 10.2 Å². The van der Waals surface area contributed by atoms with Crippen molar-refractivity contribution in [2.24, 2.45) is 0 Å². The number of aromatic nitrogens is 1. The number of nitrogens with zero attached hydrogens (tertiary/aromatic N) is 1. The maximum Gasteiger partial charge on any atom is 0.303 e. The van der Waals surface area contributed by atoms with E-state index in [9.17, 15) is 9.59 Å². The van der Waals surface area contributed by atoms with Crippen LogP contribution in [0, 0.1) is 0 Å². The molecule has 0 spiro atoms. The number of para-hydroxylation sites is 1. The van der Waals surface area contributed by atoms with Gasteiger partial charge in [-0.25, -0.2) is 4.98 Å². The van der Waals surface area contributed by atoms with Gasteiger partial charge in [-0.1, -0.05) is 12.1 Å². The summed E-state index contributed by atoms with van der Waals surface area (Å²) in [5.74, 6) is -0.955. The number of carbonyl (C=O) groups is 2. The molecule has 1 heterocycles. The Morgan fingerprint density at radius 3 is 2.76 bits per heavy atom. The van der Waals surface area contributed by atoms with Gasteiger partial charge in [-0.05, 0) is 23.9 Å². The van der Waals surface area contributed by atoms with Gasteiger partial charge in [0, 0.05) is 6.42 Å². The van der Waals surface area contributed by atoms with Gasteiger partial charge >= 0.3 is 5.97 Å². The fourth-order valence-electron chi connectivity index (χ4n) is 1.25. The predicted molar refractivity (Wildman–Crippen MR) is 67.4 cm³/mol. The van der Waals surface area contributed by atoms with Gasteiger partial charge in [0.2, 0.25) is 0 Å². The molecule has 4 nitrogen and oxygen atoms in total. The number of carboxylic acid groups (broad SMARTS) is 1. The molecule has 0 aliphatic rings. The summed E-state index contributed by atoms with van der Waals surface area (Å²) in [6.07, 6.45) is -0.0906. The summed E-state index contributed by atoms with van der Waals surface area (Å²) in [7, 11) is 0. The van der Waals surface area contributed by atoms with Crippen molar-refractivity contribution in [3.63, 3.8) is 0 Å². The number of hydrogen-bond donors (Lipinski definition) is 1. The summed E-state index contributed by atoms with van der Waals surface area (Å²) < 4.78 is 1.70. The number of aliphatic carboxylic acids is 1. The van der Waals surface area contributed by atoms with Crippen LogP contribution in [0.1, 0.15) is 12.8 Å². The number of fused-ring (bicyclic) bond motifs is 1. The zero-order chi connectivity index (χ0) is 12.3. The first-order valence-corrected chi connectivity index (χ1v) is 6.56. The molecular weight excluding hydrogens is 258 g/mol. The highest BCUT2D eigenvalue weighted by Gasteiger charge is 2.11. The van der Waals surface area contributed by atoms with Gasteiger partial charge in [0.05, 0.1) is 16.6 Å². The summed E-state index contributed by atoms with van der Waals surface area (Å²) in [4.78, 5) is 26.1. The Labute approximate surface area is 106 Å². The molecule has 0 saturated heterocycles. The quantitative estimate of drug-likeness (QED) is 0.863. The fourth-order valence-corrected chi connectivity index (χ4v) is 3.21. The van der Waals surface area contributed by atoms with Gasteiger partial charge in [-0.3, -0.25) is 9.59 Å². The Morgan fingerprint density at radius 2 is 2.06 bits per heavy atom. The van der Waals surface area contributed by atoms with Gasteiger partial charge in [0.25, 0.3) is 0 Å². The molecule has 88 valence electrons. The molecule has 1 N–H and O–H groups in total. The average molecular weight is 267 g/mol. The smallest absolute Gasteiger partial charge is 0.303 e. The van der Waals surface area contributed by atoms with Crippen molar-refractivity contribution in [2.75, 3.05) is 0 Å². The molecule has 2 aromatic rings. The maximum atomic E-state index is 11.5. The molecule has 0 aliphatic carbocycles. The van der Waals surface area contributed by atoms with E-state index in [1.165, 1.54) is 11.3 Å². The Balaban J connectivity index is 2.03. The first kappa shape index (κ1) is 12.1. The zero-order valence-corrected chi connectivity index (χ0v) is 10.4. The third kappa shape index (κ3) is 3.28. The van der Waals surface area contributed by atoms with Gasteiger partial charge in [0.15, 0.2) is 9.45 Å². The van der Waals surface area contributed by atoms with E-state index in [0.717, 1.165) is 22.0 Å². The van der Waals surface area contributed by atoms with Crippen LogP contribution in [0.3, 0.4) is 0 Å². The first-order valence-electron chi connectivity index (χ1n) is 4.93. The minimum Gasteiger partial charge on any atom is -0.481 e. The van der Waals surface area contributed by atoms with E-state index in [1.54, 1.807) is 0 Å². The van der Waals surface area contributed by atoms with E-state index < -0.39 is 5.97 Å². The lowest BCUT2D eigenvalue weighted by atomic mass is 10.3. The number of benzene rings is 1. The minimum atomic E-state index is -0.955. The van der Waals surface area contributed by atoms with E-state index >= 15 is 0 Å². The van der Waals surface area contributed by atoms with Crippen LogP contribution in [0.4, 0.5) is 0 Å². The zero-order valence-electron chi connectivity index (χ0n) is 8.75. The van der Waals surface area contributed by atoms with Gasteiger partial charge < -0.3 is 5.11 Å². The van der Waals surface area contributed by atoms with Crippen LogP contribution < -0.4 is 0 Å². The lowest BCUT2D eigenvalue weighted by Gasteiger charge is -1.93. The summed E-state index contributed by atoms with van der Waals surface area (Å²) >= 11 is 2.46. The predicted octanol–water partition coefficient (Wildman–Crippen LogP) is 2.78. The molecule has 0 amide bonds. The number of carboxylic acids is 1. The van der Waals surface area contributed by atoms with Gasteiger partial charge in [0.1, 0.15) is 0 Å². The van der Waals surface area contributed by atoms with Crippen molar-refractivity contribution in [1.82, 2.24) is 4.98 Å². The molecule has 2 rings (SSSR count). The van der Waals surface area contributed by atoms with E-state index in [2.05, 4.69) is 4.98 Å². The number of rotatable bonds is 4. The largest absolute Gasteiger partial charge is 0.481 e. The third-order valence-electron chi connectivity index (χ3n) is 2.02. The van der Waals surface area contributed by atoms with E-state index in [0.29, 0.717) is 4.34 Å². The van der Waals surface area contributed by atoms with Crippen molar-refractivity contribution < 1.29 is 14.7 Å². The summed E-state index contributed by atoms with van der Waals surface area (Å²) in [5, 5.41) is 8.31. The van der Waals surface area contributed by atoms with Crippen molar-refractivity contribution >= 4 is 44.4 Å². The first-order chi connectivity index (χ1) is 8.15. The molecule has 0 atom stereocenters. The van der Waals surface area contributed by atoms with Crippen LogP contribution in [0.5, 0.6) is 0 Å². The molecule has 6 heteroatoms. The van der Waals surface area contributed by atoms with E-state index in [4.69, 9.17) is 5.11 Å². The van der Waals surface area contributed by atoms with Crippen LogP contribution >= 0.6 is 23.1 Å². The molecule has 0 radical (unpaired) electrons. The summed E-state index contributed by atoms with van der Waals surface area (Å²) in [6, 6.07) is 7.64. The van der Waals surface area contributed by atoms with Gasteiger partial charge in [-0.15, -0.1) is 11.3 Å². The van der Waals surface area contributed by atoms with Gasteiger partial charge in [-0.2, -0.15) is 0 Å². The second kappa shape index (κ2) is 5.29. The molecular formula is C11H9NO3S2. The normalized spacial score (nSPS) is 10.6. The average Bonchev–Trinajstić information content (AvgIpc) is 2.68. The van der Waals surface area contributed by atoms with Crippen LogP contribution in [0.15, 0.2) is 28.6 Å². The molecule has 0 bridgehead atoms. The van der Waals surface area contributed by atoms with Crippen LogP contribution in [-0.4, -0.2) is 21.2 Å². The van der Waals surface area contributed by atoms with Crippen molar-refractivity contribution in [1.29, 1.82) is 0 Å². The molecule has 0 fully saturated rings. The second-order valence-electron chi connectivity index (χ2n) is 3.32. The Bertz CT molecular complexity index is 532. The molecule has 1 aromatic heterocycles. The maximum absolute atomic E-state index is 11.5. The lowest BCUT2D eigenvalue weighted by Crippen LogP contribution is -1.99. The highest BCUT2D eigenvalue weighted by atomic mass is 32.2. The molecule has 0 aliphatic heterocycles. The molecule has 0 unspecified atom stereocenters. The van der Waals surface area contributed by atoms with E-state index in [1.807, 2.05) is 24.3 Å². The minimum absolute atomic E-state index is 0.0376. The highest BCUT2D eigenvalue weighted by molar-refractivity contribution is 8.15. The summed E-state index contributed by atoms with van der Waals surface area (Å²) in [5.41, 5.74) is 0.867. The SMILES string of the molecule is O=C(O)CCC(=O)Sc1nc2ccccc2s1. The highest BCUT2D eigenvalue weighted by Crippen LogP contribution is 2.30. The topological polar surface area (TPSA) is 67.3 Å². The lowest BCUT2D eigenvalue weighted by molar-refractivity contribution is -0.137. The van der Waals surface area contributed by atoms with Crippen LogP contribution in [0.2, 0.25) is 0 Å². The van der Waals surface area contributed by atoms with E-state index in [-0.39, 0.29) is 18.0 Å². The second-order valence-corrected chi connectivity index (χ2v) is 5.65. The Morgan fingerprint density at radius 1 is 1.29 bits per heavy atom. The molecule has 17 heavy (non-hydrogen) atoms. The Hall–Kier alpha value is -1.40. The molecule has 1 aromatic carbocycles. The van der Waals surface area contributed by atoms with Crippen molar-refractivity contribution in [3.8, 4) is 0 Å². The number of hydrogen-bond acceptors (Lipinski definition) is 5. The van der Waals surface area contributed by atoms with Crippen molar-refractivity contribution in [2.45, 2.75) is 17.2 Å². The van der Waals surface area contributed by atoms with Crippen LogP contribution in [-0.2, 0) is 9.59 Å².